The minimum absolute atomic E-state index is 0.538. The summed E-state index contributed by atoms with van der Waals surface area (Å²) >= 11 is 0. The largest absolute Gasteiger partial charge is 0.323 e. The summed E-state index contributed by atoms with van der Waals surface area (Å²) in [6, 6.07) is 0. The molecule has 0 aliphatic carbocycles. The first kappa shape index (κ1) is 8.60. The van der Waals surface area contributed by atoms with Crippen LogP contribution in [0.5, 0.6) is 0 Å². The lowest BCUT2D eigenvalue weighted by Crippen LogP contribution is -2.35. The van der Waals surface area contributed by atoms with E-state index in [1.807, 2.05) is 0 Å². The second-order valence-electron chi connectivity index (χ2n) is 3.49. The van der Waals surface area contributed by atoms with Crippen molar-refractivity contribution in [2.24, 2.45) is 5.92 Å². The molecule has 1 rings (SSSR count). The summed E-state index contributed by atoms with van der Waals surface area (Å²) in [5.41, 5.74) is 4.45. The van der Waals surface area contributed by atoms with Crippen LogP contribution in [0.3, 0.4) is 0 Å². The van der Waals surface area contributed by atoms with E-state index in [4.69, 9.17) is 0 Å². The van der Waals surface area contributed by atoms with Gasteiger partial charge in [0.25, 0.3) is 0 Å². The first-order valence-corrected chi connectivity index (χ1v) is 4.40. The molecule has 0 aromatic heterocycles. The van der Waals surface area contributed by atoms with Gasteiger partial charge in [0, 0.05) is 18.8 Å². The molecule has 1 fully saturated rings. The van der Waals surface area contributed by atoms with E-state index in [9.17, 15) is 0 Å². The Hall–Kier alpha value is -0.500. The molecular weight excluding hydrogens is 136 g/mol. The fourth-order valence-electron chi connectivity index (χ4n) is 1.16. The molecule has 0 saturated carbocycles. The van der Waals surface area contributed by atoms with Crippen LogP contribution in [0, 0.1) is 5.92 Å². The van der Waals surface area contributed by atoms with Crippen LogP contribution in [-0.2, 0) is 0 Å². The SMILES string of the molecule is C=C(NN1CCCC1)C(C)C. The monoisotopic (exact) mass is 154 g/mol. The summed E-state index contributed by atoms with van der Waals surface area (Å²) in [4.78, 5) is 0. The summed E-state index contributed by atoms with van der Waals surface area (Å²) < 4.78 is 0. The molecule has 64 valence electrons. The van der Waals surface area contributed by atoms with Crippen LogP contribution in [0.25, 0.3) is 0 Å². The minimum Gasteiger partial charge on any atom is -0.323 e. The molecule has 1 aliphatic heterocycles. The smallest absolute Gasteiger partial charge is 0.0218 e. The molecule has 0 radical (unpaired) electrons. The zero-order valence-electron chi connectivity index (χ0n) is 7.56. The highest BCUT2D eigenvalue weighted by Gasteiger charge is 2.11. The molecule has 2 heteroatoms. The molecule has 0 unspecified atom stereocenters. The van der Waals surface area contributed by atoms with Gasteiger partial charge in [-0.05, 0) is 18.8 Å². The standard InChI is InChI=1S/C9H18N2/c1-8(2)9(3)10-11-6-4-5-7-11/h8,10H,3-7H2,1-2H3. The van der Waals surface area contributed by atoms with Crippen molar-refractivity contribution >= 4 is 0 Å². The highest BCUT2D eigenvalue weighted by molar-refractivity contribution is 4.93. The molecule has 1 N–H and O–H groups in total. The lowest BCUT2D eigenvalue weighted by molar-refractivity contribution is 0.255. The zero-order valence-corrected chi connectivity index (χ0v) is 7.56. The summed E-state index contributed by atoms with van der Waals surface area (Å²) in [6.45, 7) is 10.6. The van der Waals surface area contributed by atoms with Gasteiger partial charge in [-0.2, -0.15) is 0 Å². The maximum absolute atomic E-state index is 3.96. The number of rotatable bonds is 3. The summed E-state index contributed by atoms with van der Waals surface area (Å²) in [7, 11) is 0. The van der Waals surface area contributed by atoms with Crippen LogP contribution in [0.15, 0.2) is 12.3 Å². The predicted molar refractivity (Wildman–Crippen MR) is 47.9 cm³/mol. The van der Waals surface area contributed by atoms with Gasteiger partial charge in [0.15, 0.2) is 0 Å². The van der Waals surface area contributed by atoms with Crippen molar-refractivity contribution in [3.8, 4) is 0 Å². The Balaban J connectivity index is 2.24. The molecule has 1 heterocycles. The van der Waals surface area contributed by atoms with Gasteiger partial charge in [0.2, 0.25) is 0 Å². The minimum atomic E-state index is 0.538. The average molecular weight is 154 g/mol. The van der Waals surface area contributed by atoms with E-state index in [1.165, 1.54) is 25.9 Å². The Bertz CT molecular complexity index is 134. The van der Waals surface area contributed by atoms with Crippen molar-refractivity contribution in [2.45, 2.75) is 26.7 Å². The Morgan fingerprint density at radius 1 is 1.36 bits per heavy atom. The van der Waals surface area contributed by atoms with Crippen LogP contribution in [0.2, 0.25) is 0 Å². The Kier molecular flexibility index (Phi) is 2.94. The summed E-state index contributed by atoms with van der Waals surface area (Å²) in [5, 5.41) is 2.25. The molecule has 0 spiro atoms. The molecule has 0 aromatic rings. The molecule has 1 saturated heterocycles. The van der Waals surface area contributed by atoms with Crippen LogP contribution >= 0.6 is 0 Å². The molecule has 0 aromatic carbocycles. The fraction of sp³-hybridized carbons (Fsp3) is 0.778. The average Bonchev–Trinajstić information content (AvgIpc) is 2.39. The predicted octanol–water partition coefficient (Wildman–Crippen LogP) is 1.76. The molecule has 11 heavy (non-hydrogen) atoms. The highest BCUT2D eigenvalue weighted by atomic mass is 15.5. The first-order valence-electron chi connectivity index (χ1n) is 4.40. The van der Waals surface area contributed by atoms with E-state index in [0.29, 0.717) is 5.92 Å². The van der Waals surface area contributed by atoms with E-state index >= 15 is 0 Å². The van der Waals surface area contributed by atoms with Gasteiger partial charge in [-0.1, -0.05) is 20.4 Å². The zero-order chi connectivity index (χ0) is 8.27. The molecule has 0 amide bonds. The van der Waals surface area contributed by atoms with Gasteiger partial charge in [-0.3, -0.25) is 0 Å². The third-order valence-corrected chi connectivity index (χ3v) is 2.10. The van der Waals surface area contributed by atoms with E-state index in [-0.39, 0.29) is 0 Å². The van der Waals surface area contributed by atoms with Crippen molar-refractivity contribution in [3.63, 3.8) is 0 Å². The third-order valence-electron chi connectivity index (χ3n) is 2.10. The summed E-state index contributed by atoms with van der Waals surface area (Å²) in [6.07, 6.45) is 2.64. The number of hydrogen-bond donors (Lipinski definition) is 1. The van der Waals surface area contributed by atoms with Gasteiger partial charge < -0.3 is 5.43 Å². The Morgan fingerprint density at radius 2 is 1.91 bits per heavy atom. The Morgan fingerprint density at radius 3 is 2.36 bits per heavy atom. The van der Waals surface area contributed by atoms with Crippen molar-refractivity contribution in [3.05, 3.63) is 12.3 Å². The third kappa shape index (κ3) is 2.54. The second-order valence-corrected chi connectivity index (χ2v) is 3.49. The van der Waals surface area contributed by atoms with E-state index in [1.54, 1.807) is 0 Å². The van der Waals surface area contributed by atoms with E-state index in [2.05, 4.69) is 30.9 Å². The van der Waals surface area contributed by atoms with Gasteiger partial charge in [0.05, 0.1) is 0 Å². The number of nitrogens with zero attached hydrogens (tertiary/aromatic N) is 1. The number of allylic oxidation sites excluding steroid dienone is 1. The molecular formula is C9H18N2. The number of hydrogen-bond acceptors (Lipinski definition) is 2. The van der Waals surface area contributed by atoms with Crippen LogP contribution in [0.4, 0.5) is 0 Å². The van der Waals surface area contributed by atoms with Crippen molar-refractivity contribution in [2.75, 3.05) is 13.1 Å². The quantitative estimate of drug-likeness (QED) is 0.666. The number of nitrogens with one attached hydrogen (secondary N) is 1. The fourth-order valence-corrected chi connectivity index (χ4v) is 1.16. The molecule has 1 aliphatic rings. The van der Waals surface area contributed by atoms with Crippen molar-refractivity contribution < 1.29 is 0 Å². The second kappa shape index (κ2) is 3.77. The maximum atomic E-state index is 3.96. The maximum Gasteiger partial charge on any atom is 0.0218 e. The van der Waals surface area contributed by atoms with Crippen LogP contribution in [0.1, 0.15) is 26.7 Å². The van der Waals surface area contributed by atoms with Crippen LogP contribution < -0.4 is 5.43 Å². The normalized spacial score (nSPS) is 19.2. The lowest BCUT2D eigenvalue weighted by atomic mass is 10.2. The number of hydrazine groups is 1. The topological polar surface area (TPSA) is 15.3 Å². The van der Waals surface area contributed by atoms with E-state index in [0.717, 1.165) is 5.70 Å². The van der Waals surface area contributed by atoms with Crippen molar-refractivity contribution in [1.82, 2.24) is 10.4 Å². The van der Waals surface area contributed by atoms with Gasteiger partial charge in [-0.25, -0.2) is 5.01 Å². The Labute approximate surface area is 69.2 Å². The van der Waals surface area contributed by atoms with E-state index < -0.39 is 0 Å². The van der Waals surface area contributed by atoms with Crippen LogP contribution in [-0.4, -0.2) is 18.1 Å². The van der Waals surface area contributed by atoms with Crippen molar-refractivity contribution in [1.29, 1.82) is 0 Å². The highest BCUT2D eigenvalue weighted by Crippen LogP contribution is 2.08. The lowest BCUT2D eigenvalue weighted by Gasteiger charge is -2.21. The first-order chi connectivity index (χ1) is 5.20. The molecule has 0 atom stereocenters. The van der Waals surface area contributed by atoms with Gasteiger partial charge in [0.1, 0.15) is 0 Å². The van der Waals surface area contributed by atoms with Gasteiger partial charge >= 0.3 is 0 Å². The summed E-state index contributed by atoms with van der Waals surface area (Å²) in [5.74, 6) is 0.538. The molecule has 2 nitrogen and oxygen atoms in total. The molecule has 0 bridgehead atoms. The van der Waals surface area contributed by atoms with Gasteiger partial charge in [-0.15, -0.1) is 0 Å².